The maximum absolute atomic E-state index is 11.6. The van der Waals surface area contributed by atoms with Crippen LogP contribution >= 0.6 is 11.8 Å². The molecular formula is C14H22N2O2S. The molecular weight excluding hydrogens is 260 g/mol. The van der Waals surface area contributed by atoms with Crippen molar-refractivity contribution in [2.75, 3.05) is 12.3 Å². The molecule has 5 heteroatoms. The molecule has 0 bridgehead atoms. The Hall–Kier alpha value is -1.07. The van der Waals surface area contributed by atoms with Gasteiger partial charge in [0.2, 0.25) is 5.91 Å². The van der Waals surface area contributed by atoms with Gasteiger partial charge in [0.05, 0.1) is 11.9 Å². The number of aromatic nitrogens is 1. The van der Waals surface area contributed by atoms with E-state index in [2.05, 4.69) is 10.3 Å². The molecule has 0 radical (unpaired) electrons. The van der Waals surface area contributed by atoms with E-state index in [-0.39, 0.29) is 11.8 Å². The Morgan fingerprint density at radius 1 is 1.47 bits per heavy atom. The molecule has 0 aliphatic heterocycles. The van der Waals surface area contributed by atoms with Gasteiger partial charge >= 0.3 is 0 Å². The number of hydrogen-bond donors (Lipinski definition) is 2. The molecule has 0 saturated carbocycles. The zero-order valence-corrected chi connectivity index (χ0v) is 12.3. The molecule has 0 aliphatic rings. The minimum Gasteiger partial charge on any atom is -0.391 e. The van der Waals surface area contributed by atoms with E-state index in [4.69, 9.17) is 0 Å². The van der Waals surface area contributed by atoms with Crippen molar-refractivity contribution in [1.29, 1.82) is 0 Å². The zero-order valence-electron chi connectivity index (χ0n) is 11.5. The van der Waals surface area contributed by atoms with Gasteiger partial charge in [-0.25, -0.2) is 0 Å². The van der Waals surface area contributed by atoms with Crippen LogP contribution in [0.2, 0.25) is 0 Å². The lowest BCUT2D eigenvalue weighted by atomic mass is 10.0. The van der Waals surface area contributed by atoms with Crippen molar-refractivity contribution in [3.63, 3.8) is 0 Å². The van der Waals surface area contributed by atoms with Crippen LogP contribution in [-0.2, 0) is 10.5 Å². The van der Waals surface area contributed by atoms with E-state index >= 15 is 0 Å². The summed E-state index contributed by atoms with van der Waals surface area (Å²) >= 11 is 1.56. The minimum atomic E-state index is -0.459. The van der Waals surface area contributed by atoms with E-state index in [1.54, 1.807) is 24.2 Å². The van der Waals surface area contributed by atoms with Crippen molar-refractivity contribution in [3.05, 3.63) is 30.1 Å². The third-order valence-corrected chi connectivity index (χ3v) is 4.06. The largest absolute Gasteiger partial charge is 0.391 e. The Balaban J connectivity index is 2.15. The number of thioether (sulfide) groups is 1. The Kier molecular flexibility index (Phi) is 7.52. The lowest BCUT2D eigenvalue weighted by Crippen LogP contribution is -2.36. The van der Waals surface area contributed by atoms with Crippen LogP contribution in [0.1, 0.15) is 25.8 Å². The SMILES string of the molecule is CCC(C)C(O)CNC(=O)CSCc1ccncc1. The fraction of sp³-hybridized carbons (Fsp3) is 0.571. The summed E-state index contributed by atoms with van der Waals surface area (Å²) in [4.78, 5) is 15.5. The third-order valence-electron chi connectivity index (χ3n) is 3.06. The van der Waals surface area contributed by atoms with E-state index in [0.29, 0.717) is 12.3 Å². The summed E-state index contributed by atoms with van der Waals surface area (Å²) in [5.41, 5.74) is 1.16. The fourth-order valence-electron chi connectivity index (χ4n) is 1.48. The lowest BCUT2D eigenvalue weighted by Gasteiger charge is -2.17. The summed E-state index contributed by atoms with van der Waals surface area (Å²) in [6.07, 6.45) is 3.95. The summed E-state index contributed by atoms with van der Waals surface area (Å²) in [6, 6.07) is 3.88. The Morgan fingerprint density at radius 2 is 2.16 bits per heavy atom. The molecule has 2 unspecified atom stereocenters. The maximum Gasteiger partial charge on any atom is 0.230 e. The van der Waals surface area contributed by atoms with Crippen molar-refractivity contribution in [2.24, 2.45) is 5.92 Å². The molecule has 1 rings (SSSR count). The zero-order chi connectivity index (χ0) is 14.1. The summed E-state index contributed by atoms with van der Waals surface area (Å²) in [5.74, 6) is 1.39. The predicted molar refractivity (Wildman–Crippen MR) is 78.9 cm³/mol. The van der Waals surface area contributed by atoms with Gasteiger partial charge in [0.15, 0.2) is 0 Å². The first-order valence-corrected chi connectivity index (χ1v) is 7.70. The Morgan fingerprint density at radius 3 is 2.79 bits per heavy atom. The predicted octanol–water partition coefficient (Wildman–Crippen LogP) is 1.84. The van der Waals surface area contributed by atoms with Crippen molar-refractivity contribution >= 4 is 17.7 Å². The number of carbonyl (C=O) groups excluding carboxylic acids is 1. The number of carbonyl (C=O) groups is 1. The van der Waals surface area contributed by atoms with Crippen LogP contribution in [0.5, 0.6) is 0 Å². The first kappa shape index (κ1) is 16.0. The number of amides is 1. The summed E-state index contributed by atoms with van der Waals surface area (Å²) in [5, 5.41) is 12.5. The second-order valence-corrected chi connectivity index (χ2v) is 5.59. The number of aliphatic hydroxyl groups is 1. The highest BCUT2D eigenvalue weighted by atomic mass is 32.2. The van der Waals surface area contributed by atoms with Crippen LogP contribution in [0, 0.1) is 5.92 Å². The monoisotopic (exact) mass is 282 g/mol. The number of nitrogens with zero attached hydrogens (tertiary/aromatic N) is 1. The molecule has 1 amide bonds. The van der Waals surface area contributed by atoms with Gasteiger partial charge in [0.1, 0.15) is 0 Å². The van der Waals surface area contributed by atoms with Gasteiger partial charge in [-0.2, -0.15) is 0 Å². The molecule has 106 valence electrons. The van der Waals surface area contributed by atoms with E-state index in [0.717, 1.165) is 17.7 Å². The van der Waals surface area contributed by atoms with E-state index in [9.17, 15) is 9.90 Å². The van der Waals surface area contributed by atoms with Crippen molar-refractivity contribution in [3.8, 4) is 0 Å². The topological polar surface area (TPSA) is 62.2 Å². The maximum atomic E-state index is 11.6. The second kappa shape index (κ2) is 8.93. The van der Waals surface area contributed by atoms with Crippen LogP contribution in [-0.4, -0.2) is 34.4 Å². The average Bonchev–Trinajstić information content (AvgIpc) is 2.45. The van der Waals surface area contributed by atoms with Gasteiger partial charge in [-0.15, -0.1) is 11.8 Å². The summed E-state index contributed by atoms with van der Waals surface area (Å²) in [7, 11) is 0. The first-order chi connectivity index (χ1) is 9.13. The number of pyridine rings is 1. The molecule has 2 N–H and O–H groups in total. The number of rotatable bonds is 8. The minimum absolute atomic E-state index is 0.0265. The van der Waals surface area contributed by atoms with Crippen LogP contribution in [0.25, 0.3) is 0 Å². The number of nitrogens with one attached hydrogen (secondary N) is 1. The molecule has 0 aromatic carbocycles. The Labute approximate surface area is 119 Å². The second-order valence-electron chi connectivity index (χ2n) is 4.61. The van der Waals surface area contributed by atoms with E-state index < -0.39 is 6.10 Å². The third kappa shape index (κ3) is 6.59. The molecule has 0 spiro atoms. The number of hydrogen-bond acceptors (Lipinski definition) is 4. The van der Waals surface area contributed by atoms with Gasteiger partial charge in [0.25, 0.3) is 0 Å². The average molecular weight is 282 g/mol. The van der Waals surface area contributed by atoms with Gasteiger partial charge < -0.3 is 10.4 Å². The highest BCUT2D eigenvalue weighted by molar-refractivity contribution is 7.99. The van der Waals surface area contributed by atoms with Crippen molar-refractivity contribution < 1.29 is 9.90 Å². The van der Waals surface area contributed by atoms with Crippen LogP contribution in [0.3, 0.4) is 0 Å². The van der Waals surface area contributed by atoms with Gasteiger partial charge in [-0.05, 0) is 23.6 Å². The van der Waals surface area contributed by atoms with Gasteiger partial charge in [-0.1, -0.05) is 20.3 Å². The quantitative estimate of drug-likeness (QED) is 0.764. The fourth-order valence-corrected chi connectivity index (χ4v) is 2.30. The van der Waals surface area contributed by atoms with Crippen LogP contribution in [0.15, 0.2) is 24.5 Å². The summed E-state index contributed by atoms with van der Waals surface area (Å²) in [6.45, 7) is 4.35. The summed E-state index contributed by atoms with van der Waals surface area (Å²) < 4.78 is 0. The molecule has 19 heavy (non-hydrogen) atoms. The van der Waals surface area contributed by atoms with Crippen LogP contribution in [0.4, 0.5) is 0 Å². The number of aliphatic hydroxyl groups excluding tert-OH is 1. The standard InChI is InChI=1S/C14H22N2O2S/c1-3-11(2)13(17)8-16-14(18)10-19-9-12-4-6-15-7-5-12/h4-7,11,13,17H,3,8-10H2,1-2H3,(H,16,18). The van der Waals surface area contributed by atoms with Crippen molar-refractivity contribution in [2.45, 2.75) is 32.1 Å². The van der Waals surface area contributed by atoms with Gasteiger partial charge in [-0.3, -0.25) is 9.78 Å². The molecule has 0 saturated heterocycles. The molecule has 1 aromatic rings. The smallest absolute Gasteiger partial charge is 0.230 e. The highest BCUT2D eigenvalue weighted by Gasteiger charge is 2.13. The molecule has 0 fully saturated rings. The van der Waals surface area contributed by atoms with E-state index in [1.807, 2.05) is 26.0 Å². The molecule has 1 heterocycles. The Bertz CT molecular complexity index is 373. The lowest BCUT2D eigenvalue weighted by molar-refractivity contribution is -0.119. The van der Waals surface area contributed by atoms with Gasteiger partial charge in [0, 0.05) is 24.7 Å². The van der Waals surface area contributed by atoms with Crippen molar-refractivity contribution in [1.82, 2.24) is 10.3 Å². The molecule has 0 aliphatic carbocycles. The molecule has 4 nitrogen and oxygen atoms in total. The highest BCUT2D eigenvalue weighted by Crippen LogP contribution is 2.10. The van der Waals surface area contributed by atoms with Crippen LogP contribution < -0.4 is 5.32 Å². The normalized spacial score (nSPS) is 13.8. The molecule has 2 atom stereocenters. The molecule has 1 aromatic heterocycles. The first-order valence-electron chi connectivity index (χ1n) is 6.55. The van der Waals surface area contributed by atoms with E-state index in [1.165, 1.54) is 0 Å².